The van der Waals surface area contributed by atoms with Gasteiger partial charge < -0.3 is 5.32 Å². The SMILES string of the molecule is CCN(CC)Cc1ccc(NC(=O)c2ccc(CN3CCC[C@H](C)C3)cc2)cc1. The van der Waals surface area contributed by atoms with E-state index in [4.69, 9.17) is 0 Å². The molecule has 1 saturated heterocycles. The number of piperidine rings is 1. The zero-order valence-electron chi connectivity index (χ0n) is 18.2. The van der Waals surface area contributed by atoms with Gasteiger partial charge in [0.05, 0.1) is 0 Å². The fourth-order valence-corrected chi connectivity index (χ4v) is 4.05. The highest BCUT2D eigenvalue weighted by molar-refractivity contribution is 6.04. The van der Waals surface area contributed by atoms with E-state index in [9.17, 15) is 4.79 Å². The number of carbonyl (C=O) groups is 1. The van der Waals surface area contributed by atoms with Crippen LogP contribution in [0.25, 0.3) is 0 Å². The van der Waals surface area contributed by atoms with Gasteiger partial charge in [0.15, 0.2) is 0 Å². The first kappa shape index (κ1) is 21.5. The number of carbonyl (C=O) groups excluding carboxylic acids is 1. The molecule has 1 N–H and O–H groups in total. The number of nitrogens with one attached hydrogen (secondary N) is 1. The molecule has 1 aliphatic heterocycles. The first-order valence-electron chi connectivity index (χ1n) is 11.0. The molecule has 29 heavy (non-hydrogen) atoms. The van der Waals surface area contributed by atoms with E-state index >= 15 is 0 Å². The standard InChI is InChI=1S/C25H35N3O/c1-4-27(5-2)18-22-10-14-24(15-11-22)26-25(29)23-12-8-21(9-13-23)19-28-16-6-7-20(3)17-28/h8-15,20H,4-7,16-19H2,1-3H3,(H,26,29)/t20-/m0/s1. The third-order valence-corrected chi connectivity index (χ3v) is 5.88. The molecule has 1 atom stereocenters. The fraction of sp³-hybridized carbons (Fsp3) is 0.480. The Balaban J connectivity index is 1.53. The van der Waals surface area contributed by atoms with Gasteiger partial charge in [-0.15, -0.1) is 0 Å². The van der Waals surface area contributed by atoms with Crippen molar-refractivity contribution in [2.75, 3.05) is 31.5 Å². The second kappa shape index (κ2) is 10.6. The molecule has 4 heteroatoms. The van der Waals surface area contributed by atoms with Gasteiger partial charge in [0, 0.05) is 30.9 Å². The average molecular weight is 394 g/mol. The topological polar surface area (TPSA) is 35.6 Å². The lowest BCUT2D eigenvalue weighted by Gasteiger charge is -2.30. The maximum atomic E-state index is 12.6. The molecular formula is C25H35N3O. The monoisotopic (exact) mass is 393 g/mol. The lowest BCUT2D eigenvalue weighted by Crippen LogP contribution is -2.33. The fourth-order valence-electron chi connectivity index (χ4n) is 4.05. The summed E-state index contributed by atoms with van der Waals surface area (Å²) in [6.07, 6.45) is 2.63. The highest BCUT2D eigenvalue weighted by atomic mass is 16.1. The van der Waals surface area contributed by atoms with E-state index in [0.717, 1.165) is 37.8 Å². The van der Waals surface area contributed by atoms with Crippen LogP contribution in [0.4, 0.5) is 5.69 Å². The third-order valence-electron chi connectivity index (χ3n) is 5.88. The van der Waals surface area contributed by atoms with Gasteiger partial charge in [-0.25, -0.2) is 0 Å². The van der Waals surface area contributed by atoms with E-state index in [-0.39, 0.29) is 5.91 Å². The summed E-state index contributed by atoms with van der Waals surface area (Å²) in [5.41, 5.74) is 4.08. The second-order valence-corrected chi connectivity index (χ2v) is 8.29. The Morgan fingerprint density at radius 1 is 1.03 bits per heavy atom. The van der Waals surface area contributed by atoms with Crippen LogP contribution >= 0.6 is 0 Å². The zero-order valence-corrected chi connectivity index (χ0v) is 18.2. The van der Waals surface area contributed by atoms with E-state index in [2.05, 4.69) is 60.2 Å². The minimum atomic E-state index is -0.0559. The van der Waals surface area contributed by atoms with Gasteiger partial charge in [0.25, 0.3) is 5.91 Å². The Kier molecular flexibility index (Phi) is 7.84. The zero-order chi connectivity index (χ0) is 20.6. The van der Waals surface area contributed by atoms with Gasteiger partial charge in [-0.2, -0.15) is 0 Å². The number of rotatable bonds is 8. The van der Waals surface area contributed by atoms with Gasteiger partial charge in [-0.05, 0) is 73.8 Å². The summed E-state index contributed by atoms with van der Waals surface area (Å²) in [5.74, 6) is 0.729. The lowest BCUT2D eigenvalue weighted by atomic mass is 9.99. The molecule has 3 rings (SSSR count). The summed E-state index contributed by atoms with van der Waals surface area (Å²) < 4.78 is 0. The van der Waals surface area contributed by atoms with Crippen molar-refractivity contribution >= 4 is 11.6 Å². The molecule has 0 bridgehead atoms. The van der Waals surface area contributed by atoms with Crippen LogP contribution in [0.3, 0.4) is 0 Å². The summed E-state index contributed by atoms with van der Waals surface area (Å²) in [6.45, 7) is 13.0. The predicted molar refractivity (Wildman–Crippen MR) is 121 cm³/mol. The van der Waals surface area contributed by atoms with Crippen molar-refractivity contribution in [2.45, 2.75) is 46.7 Å². The summed E-state index contributed by atoms with van der Waals surface area (Å²) in [5, 5.41) is 3.01. The van der Waals surface area contributed by atoms with Crippen LogP contribution in [-0.4, -0.2) is 41.9 Å². The van der Waals surface area contributed by atoms with Crippen molar-refractivity contribution in [3.8, 4) is 0 Å². The van der Waals surface area contributed by atoms with Gasteiger partial charge in [-0.1, -0.05) is 45.0 Å². The van der Waals surface area contributed by atoms with Gasteiger partial charge in [0.2, 0.25) is 0 Å². The molecule has 0 radical (unpaired) electrons. The van der Waals surface area contributed by atoms with Crippen LogP contribution in [0.5, 0.6) is 0 Å². The van der Waals surface area contributed by atoms with Crippen molar-refractivity contribution in [3.05, 3.63) is 65.2 Å². The third kappa shape index (κ3) is 6.41. The van der Waals surface area contributed by atoms with Crippen molar-refractivity contribution in [2.24, 2.45) is 5.92 Å². The maximum absolute atomic E-state index is 12.6. The number of nitrogens with zero attached hydrogens (tertiary/aromatic N) is 2. The normalized spacial score (nSPS) is 17.4. The molecule has 4 nitrogen and oxygen atoms in total. The molecule has 1 aliphatic rings. The number of likely N-dealkylation sites (tertiary alicyclic amines) is 1. The number of anilines is 1. The summed E-state index contributed by atoms with van der Waals surface area (Å²) in [6, 6.07) is 16.2. The number of benzene rings is 2. The Morgan fingerprint density at radius 3 is 2.31 bits per heavy atom. The van der Waals surface area contributed by atoms with Gasteiger partial charge >= 0.3 is 0 Å². The molecular weight excluding hydrogens is 358 g/mol. The van der Waals surface area contributed by atoms with Crippen molar-refractivity contribution in [1.29, 1.82) is 0 Å². The first-order valence-corrected chi connectivity index (χ1v) is 11.0. The van der Waals surface area contributed by atoms with E-state index in [1.165, 1.54) is 37.1 Å². The van der Waals surface area contributed by atoms with Crippen LogP contribution < -0.4 is 5.32 Å². The molecule has 0 unspecified atom stereocenters. The molecule has 0 saturated carbocycles. The quantitative estimate of drug-likeness (QED) is 0.684. The molecule has 156 valence electrons. The Hall–Kier alpha value is -2.17. The van der Waals surface area contributed by atoms with E-state index in [1.807, 2.05) is 24.3 Å². The Bertz CT molecular complexity index is 766. The number of hydrogen-bond donors (Lipinski definition) is 1. The predicted octanol–water partition coefficient (Wildman–Crippen LogP) is 5.01. The minimum absolute atomic E-state index is 0.0559. The Labute approximate surface area is 175 Å². The van der Waals surface area contributed by atoms with E-state index < -0.39 is 0 Å². The van der Waals surface area contributed by atoms with Crippen molar-refractivity contribution < 1.29 is 4.79 Å². The molecule has 1 amide bonds. The van der Waals surface area contributed by atoms with Crippen LogP contribution in [0.1, 0.15) is 55.1 Å². The molecule has 1 fully saturated rings. The van der Waals surface area contributed by atoms with Crippen LogP contribution in [-0.2, 0) is 13.1 Å². The molecule has 0 aliphatic carbocycles. The van der Waals surface area contributed by atoms with Crippen LogP contribution in [0.2, 0.25) is 0 Å². The van der Waals surface area contributed by atoms with Crippen molar-refractivity contribution in [1.82, 2.24) is 9.80 Å². The maximum Gasteiger partial charge on any atom is 0.255 e. The highest BCUT2D eigenvalue weighted by Gasteiger charge is 2.16. The largest absolute Gasteiger partial charge is 0.322 e. The molecule has 1 heterocycles. The molecule has 2 aromatic rings. The molecule has 0 spiro atoms. The van der Waals surface area contributed by atoms with Crippen LogP contribution in [0.15, 0.2) is 48.5 Å². The first-order chi connectivity index (χ1) is 14.1. The minimum Gasteiger partial charge on any atom is -0.322 e. The van der Waals surface area contributed by atoms with Crippen molar-refractivity contribution in [3.63, 3.8) is 0 Å². The summed E-state index contributed by atoms with van der Waals surface area (Å²) in [4.78, 5) is 17.5. The number of hydrogen-bond acceptors (Lipinski definition) is 3. The number of amides is 1. The Morgan fingerprint density at radius 2 is 1.69 bits per heavy atom. The van der Waals surface area contributed by atoms with Gasteiger partial charge in [0.1, 0.15) is 0 Å². The summed E-state index contributed by atoms with van der Waals surface area (Å²) >= 11 is 0. The lowest BCUT2D eigenvalue weighted by molar-refractivity contribution is 0.102. The molecule has 2 aromatic carbocycles. The van der Waals surface area contributed by atoms with E-state index in [1.54, 1.807) is 0 Å². The van der Waals surface area contributed by atoms with Crippen LogP contribution in [0, 0.1) is 5.92 Å². The second-order valence-electron chi connectivity index (χ2n) is 8.29. The van der Waals surface area contributed by atoms with Gasteiger partial charge in [-0.3, -0.25) is 14.6 Å². The smallest absolute Gasteiger partial charge is 0.255 e. The average Bonchev–Trinajstić information content (AvgIpc) is 2.73. The summed E-state index contributed by atoms with van der Waals surface area (Å²) in [7, 11) is 0. The molecule has 0 aromatic heterocycles. The van der Waals surface area contributed by atoms with E-state index in [0.29, 0.717) is 5.56 Å². The highest BCUT2D eigenvalue weighted by Crippen LogP contribution is 2.18.